The van der Waals surface area contributed by atoms with Gasteiger partial charge in [0.25, 0.3) is 0 Å². The lowest BCUT2D eigenvalue weighted by atomic mass is 10.1. The molecule has 0 amide bonds. The molecule has 0 aliphatic rings. The second-order valence-electron chi connectivity index (χ2n) is 4.31. The van der Waals surface area contributed by atoms with Gasteiger partial charge in [-0.1, -0.05) is 12.1 Å². The average molecular weight is 261 g/mol. The van der Waals surface area contributed by atoms with Crippen molar-refractivity contribution in [2.24, 2.45) is 0 Å². The highest BCUT2D eigenvalue weighted by atomic mass is 19.1. The van der Waals surface area contributed by atoms with Gasteiger partial charge in [0.1, 0.15) is 5.75 Å². The van der Waals surface area contributed by atoms with Crippen molar-refractivity contribution < 1.29 is 14.2 Å². The molecule has 4 heteroatoms. The molecule has 0 spiro atoms. The maximum absolute atomic E-state index is 13.6. The number of aromatic hydroxyl groups is 1. The number of ether oxygens (including phenoxy) is 1. The molecule has 100 valence electrons. The first-order chi connectivity index (χ1) is 9.10. The molecule has 1 unspecified atom stereocenters. The molecule has 0 saturated heterocycles. The van der Waals surface area contributed by atoms with Crippen molar-refractivity contribution in [2.75, 3.05) is 12.4 Å². The van der Waals surface area contributed by atoms with Crippen molar-refractivity contribution in [1.82, 2.24) is 0 Å². The SMILES string of the molecule is COc1ccc(C(C)Nc2cccc(O)c2)cc1F. The summed E-state index contributed by atoms with van der Waals surface area (Å²) in [5.74, 6) is 0.0379. The molecule has 0 heterocycles. The molecule has 3 nitrogen and oxygen atoms in total. The lowest BCUT2D eigenvalue weighted by Gasteiger charge is -2.16. The van der Waals surface area contributed by atoms with Gasteiger partial charge in [0.05, 0.1) is 7.11 Å². The van der Waals surface area contributed by atoms with Crippen molar-refractivity contribution in [2.45, 2.75) is 13.0 Å². The van der Waals surface area contributed by atoms with Crippen LogP contribution in [0.1, 0.15) is 18.5 Å². The van der Waals surface area contributed by atoms with E-state index in [0.29, 0.717) is 0 Å². The molecule has 19 heavy (non-hydrogen) atoms. The summed E-state index contributed by atoms with van der Waals surface area (Å²) in [5, 5.41) is 12.6. The van der Waals surface area contributed by atoms with Gasteiger partial charge in [0.15, 0.2) is 11.6 Å². The van der Waals surface area contributed by atoms with E-state index in [0.717, 1.165) is 11.3 Å². The van der Waals surface area contributed by atoms with Crippen LogP contribution in [0.3, 0.4) is 0 Å². The van der Waals surface area contributed by atoms with Gasteiger partial charge in [-0.05, 0) is 36.8 Å². The lowest BCUT2D eigenvalue weighted by molar-refractivity contribution is 0.386. The molecule has 0 fully saturated rings. The molecule has 0 saturated carbocycles. The van der Waals surface area contributed by atoms with E-state index in [4.69, 9.17) is 4.74 Å². The highest BCUT2D eigenvalue weighted by Crippen LogP contribution is 2.25. The number of anilines is 1. The molecular formula is C15H16FNO2. The van der Waals surface area contributed by atoms with Crippen LogP contribution in [0.25, 0.3) is 0 Å². The minimum atomic E-state index is -0.385. The van der Waals surface area contributed by atoms with Gasteiger partial charge in [-0.3, -0.25) is 0 Å². The minimum Gasteiger partial charge on any atom is -0.508 e. The number of methoxy groups -OCH3 is 1. The summed E-state index contributed by atoms with van der Waals surface area (Å²) in [4.78, 5) is 0. The highest BCUT2D eigenvalue weighted by Gasteiger charge is 2.09. The van der Waals surface area contributed by atoms with E-state index in [2.05, 4.69) is 5.32 Å². The van der Waals surface area contributed by atoms with Gasteiger partial charge in [-0.25, -0.2) is 4.39 Å². The van der Waals surface area contributed by atoms with Crippen LogP contribution >= 0.6 is 0 Å². The molecule has 0 aliphatic carbocycles. The Morgan fingerprint density at radius 2 is 2.00 bits per heavy atom. The predicted octanol–water partition coefficient (Wildman–Crippen LogP) is 3.71. The second kappa shape index (κ2) is 5.61. The van der Waals surface area contributed by atoms with Gasteiger partial charge >= 0.3 is 0 Å². The summed E-state index contributed by atoms with van der Waals surface area (Å²) in [7, 11) is 1.44. The van der Waals surface area contributed by atoms with Gasteiger partial charge in [-0.15, -0.1) is 0 Å². The topological polar surface area (TPSA) is 41.5 Å². The molecule has 2 N–H and O–H groups in total. The van der Waals surface area contributed by atoms with Crippen LogP contribution in [-0.2, 0) is 0 Å². The van der Waals surface area contributed by atoms with E-state index in [9.17, 15) is 9.50 Å². The fourth-order valence-electron chi connectivity index (χ4n) is 1.88. The third kappa shape index (κ3) is 3.16. The summed E-state index contributed by atoms with van der Waals surface area (Å²) in [6.07, 6.45) is 0. The Balaban J connectivity index is 2.15. The van der Waals surface area contributed by atoms with Gasteiger partial charge in [0, 0.05) is 17.8 Å². The first-order valence-electron chi connectivity index (χ1n) is 5.99. The summed E-state index contributed by atoms with van der Waals surface area (Å²) in [6.45, 7) is 1.92. The van der Waals surface area contributed by atoms with Crippen molar-refractivity contribution in [1.29, 1.82) is 0 Å². The number of halogens is 1. The third-order valence-electron chi connectivity index (χ3n) is 2.91. The van der Waals surface area contributed by atoms with Crippen LogP contribution in [0.5, 0.6) is 11.5 Å². The van der Waals surface area contributed by atoms with Crippen LogP contribution < -0.4 is 10.1 Å². The average Bonchev–Trinajstić information content (AvgIpc) is 2.38. The Morgan fingerprint density at radius 3 is 2.63 bits per heavy atom. The van der Waals surface area contributed by atoms with Crippen LogP contribution in [-0.4, -0.2) is 12.2 Å². The van der Waals surface area contributed by atoms with E-state index in [1.807, 2.05) is 19.1 Å². The van der Waals surface area contributed by atoms with Crippen LogP contribution in [0.15, 0.2) is 42.5 Å². The zero-order chi connectivity index (χ0) is 13.8. The molecule has 2 aromatic carbocycles. The van der Waals surface area contributed by atoms with Crippen LogP contribution in [0.4, 0.5) is 10.1 Å². The molecule has 0 bridgehead atoms. The zero-order valence-electron chi connectivity index (χ0n) is 10.9. The number of phenolic OH excluding ortho intramolecular Hbond substituents is 1. The van der Waals surface area contributed by atoms with E-state index < -0.39 is 0 Å². The summed E-state index contributed by atoms with van der Waals surface area (Å²) in [5.41, 5.74) is 1.59. The Morgan fingerprint density at radius 1 is 1.21 bits per heavy atom. The van der Waals surface area contributed by atoms with Crippen molar-refractivity contribution in [3.8, 4) is 11.5 Å². The Labute approximate surface area is 111 Å². The number of phenols is 1. The highest BCUT2D eigenvalue weighted by molar-refractivity contribution is 5.49. The Bertz CT molecular complexity index is 572. The fourth-order valence-corrected chi connectivity index (χ4v) is 1.88. The van der Waals surface area contributed by atoms with Gasteiger partial charge in [-0.2, -0.15) is 0 Å². The Kier molecular flexibility index (Phi) is 3.90. The predicted molar refractivity (Wildman–Crippen MR) is 73.1 cm³/mol. The van der Waals surface area contributed by atoms with Crippen molar-refractivity contribution in [3.05, 3.63) is 53.8 Å². The zero-order valence-corrected chi connectivity index (χ0v) is 10.9. The lowest BCUT2D eigenvalue weighted by Crippen LogP contribution is -2.07. The summed E-state index contributed by atoms with van der Waals surface area (Å²) in [6, 6.07) is 11.6. The molecule has 2 rings (SSSR count). The first kappa shape index (κ1) is 13.2. The standard InChI is InChI=1S/C15H16FNO2/c1-10(17-12-4-3-5-13(18)9-12)11-6-7-15(19-2)14(16)8-11/h3-10,17-18H,1-2H3. The summed E-state index contributed by atoms with van der Waals surface area (Å²) >= 11 is 0. The maximum Gasteiger partial charge on any atom is 0.165 e. The number of nitrogens with one attached hydrogen (secondary N) is 1. The molecular weight excluding hydrogens is 245 g/mol. The largest absolute Gasteiger partial charge is 0.508 e. The second-order valence-corrected chi connectivity index (χ2v) is 4.31. The summed E-state index contributed by atoms with van der Waals surface area (Å²) < 4.78 is 18.5. The van der Waals surface area contributed by atoms with Crippen molar-refractivity contribution in [3.63, 3.8) is 0 Å². The number of hydrogen-bond donors (Lipinski definition) is 2. The number of rotatable bonds is 4. The van der Waals surface area contributed by atoms with Gasteiger partial charge < -0.3 is 15.2 Å². The smallest absolute Gasteiger partial charge is 0.165 e. The normalized spacial score (nSPS) is 11.9. The number of hydrogen-bond acceptors (Lipinski definition) is 3. The third-order valence-corrected chi connectivity index (χ3v) is 2.91. The van der Waals surface area contributed by atoms with Crippen LogP contribution in [0, 0.1) is 5.82 Å². The molecule has 0 radical (unpaired) electrons. The molecule has 0 aromatic heterocycles. The number of benzene rings is 2. The molecule has 2 aromatic rings. The molecule has 1 atom stereocenters. The Hall–Kier alpha value is -2.23. The van der Waals surface area contributed by atoms with E-state index in [1.54, 1.807) is 24.3 Å². The maximum atomic E-state index is 13.6. The first-order valence-corrected chi connectivity index (χ1v) is 5.99. The van der Waals surface area contributed by atoms with E-state index in [1.165, 1.54) is 13.2 Å². The van der Waals surface area contributed by atoms with E-state index in [-0.39, 0.29) is 23.4 Å². The van der Waals surface area contributed by atoms with Crippen LogP contribution in [0.2, 0.25) is 0 Å². The minimum absolute atomic E-state index is 0.0813. The van der Waals surface area contributed by atoms with Crippen molar-refractivity contribution >= 4 is 5.69 Å². The fraction of sp³-hybridized carbons (Fsp3) is 0.200. The monoisotopic (exact) mass is 261 g/mol. The quantitative estimate of drug-likeness (QED) is 0.881. The molecule has 0 aliphatic heterocycles. The van der Waals surface area contributed by atoms with Gasteiger partial charge in [0.2, 0.25) is 0 Å². The van der Waals surface area contributed by atoms with E-state index >= 15 is 0 Å².